The van der Waals surface area contributed by atoms with Gasteiger partial charge < -0.3 is 20.0 Å². The molecule has 4 rings (SSSR count). The maximum atomic E-state index is 13.4. The van der Waals surface area contributed by atoms with Crippen LogP contribution in [0.25, 0.3) is 6.08 Å². The van der Waals surface area contributed by atoms with Gasteiger partial charge in [0.05, 0.1) is 10.9 Å². The first-order chi connectivity index (χ1) is 19.7. The van der Waals surface area contributed by atoms with Gasteiger partial charge in [0.1, 0.15) is 6.04 Å². The fourth-order valence-corrected chi connectivity index (χ4v) is 7.86. The van der Waals surface area contributed by atoms with Crippen molar-refractivity contribution in [3.05, 3.63) is 26.8 Å². The summed E-state index contributed by atoms with van der Waals surface area (Å²) in [5, 5.41) is 4.06. The fraction of sp³-hybridized carbons (Fsp3) is 0.679. The van der Waals surface area contributed by atoms with Crippen molar-refractivity contribution in [2.75, 3.05) is 46.3 Å². The van der Waals surface area contributed by atoms with Crippen LogP contribution in [0.4, 0.5) is 4.79 Å². The molecule has 42 heavy (non-hydrogen) atoms. The summed E-state index contributed by atoms with van der Waals surface area (Å²) >= 11 is 7.16. The molecule has 0 spiro atoms. The Bertz CT molecular complexity index is 1280. The zero-order chi connectivity index (χ0) is 30.7. The molecule has 3 aliphatic rings. The Morgan fingerprint density at radius 3 is 2.57 bits per heavy atom. The predicted molar refractivity (Wildman–Crippen MR) is 166 cm³/mol. The lowest BCUT2D eigenvalue weighted by atomic mass is 10.1. The molecular weight excluding hydrogens is 600 g/mol. The van der Waals surface area contributed by atoms with Crippen molar-refractivity contribution < 1.29 is 22.8 Å². The molecule has 0 aromatic carbocycles. The minimum atomic E-state index is -3.86. The van der Waals surface area contributed by atoms with Crippen LogP contribution in [0, 0.1) is 0 Å². The summed E-state index contributed by atoms with van der Waals surface area (Å²) < 4.78 is 28.3. The van der Waals surface area contributed by atoms with Crippen LogP contribution in [0.2, 0.25) is 4.34 Å². The van der Waals surface area contributed by atoms with E-state index in [4.69, 9.17) is 11.6 Å². The molecule has 3 atom stereocenters. The third-order valence-electron chi connectivity index (χ3n) is 7.93. The molecule has 3 aliphatic heterocycles. The van der Waals surface area contributed by atoms with Crippen LogP contribution in [-0.4, -0.2) is 116 Å². The first-order valence-electron chi connectivity index (χ1n) is 14.5. The van der Waals surface area contributed by atoms with E-state index in [-0.39, 0.29) is 42.0 Å². The molecular formula is C28H43ClN6O5S2. The molecule has 3 saturated heterocycles. The van der Waals surface area contributed by atoms with Crippen molar-refractivity contribution >= 4 is 56.9 Å². The van der Waals surface area contributed by atoms with Gasteiger partial charge in [-0.2, -0.15) is 4.72 Å². The maximum Gasteiger partial charge on any atom is 0.317 e. The summed E-state index contributed by atoms with van der Waals surface area (Å²) in [6, 6.07) is 2.58. The number of halogens is 1. The van der Waals surface area contributed by atoms with Gasteiger partial charge >= 0.3 is 6.03 Å². The Morgan fingerprint density at radius 1 is 1.14 bits per heavy atom. The molecule has 0 aliphatic carbocycles. The average Bonchev–Trinajstić information content (AvgIpc) is 3.65. The number of likely N-dealkylation sites (N-methyl/N-ethyl adjacent to an activating group) is 1. The second-order valence-corrected chi connectivity index (χ2v) is 15.8. The summed E-state index contributed by atoms with van der Waals surface area (Å²) in [5.41, 5.74) is -0.301. The number of nitrogens with zero attached hydrogens (tertiary/aromatic N) is 4. The zero-order valence-corrected chi connectivity index (χ0v) is 27.2. The van der Waals surface area contributed by atoms with E-state index in [1.165, 1.54) is 22.3 Å². The SMILES string of the molecule is CN(C(=O)NC(C)(C)C)C1CCN(C[C@@H]2CCCN2C(=O)CN2CCC[C@H](NS(=O)(=O)C=Cc3ccc(Cl)s3)C2=O)C1. The van der Waals surface area contributed by atoms with Crippen molar-refractivity contribution in [3.63, 3.8) is 0 Å². The third kappa shape index (κ3) is 8.91. The Hall–Kier alpha value is -2.19. The number of amides is 4. The molecule has 0 saturated carbocycles. The largest absolute Gasteiger partial charge is 0.337 e. The van der Waals surface area contributed by atoms with E-state index in [0.29, 0.717) is 35.1 Å². The van der Waals surface area contributed by atoms with Crippen LogP contribution in [0.15, 0.2) is 17.5 Å². The zero-order valence-electron chi connectivity index (χ0n) is 24.8. The number of piperidine rings is 1. The second kappa shape index (κ2) is 13.6. The highest BCUT2D eigenvalue weighted by molar-refractivity contribution is 7.92. The number of carbonyl (C=O) groups is 3. The molecule has 4 heterocycles. The van der Waals surface area contributed by atoms with E-state index in [1.54, 1.807) is 17.0 Å². The lowest BCUT2D eigenvalue weighted by Gasteiger charge is -2.35. The molecule has 1 aromatic heterocycles. The molecule has 4 amide bonds. The number of hydrogen-bond acceptors (Lipinski definition) is 7. The van der Waals surface area contributed by atoms with Gasteiger partial charge in [-0.1, -0.05) is 11.6 Å². The number of rotatable bonds is 9. The molecule has 1 aromatic rings. The van der Waals surface area contributed by atoms with Gasteiger partial charge in [-0.15, -0.1) is 11.3 Å². The van der Waals surface area contributed by atoms with Crippen LogP contribution in [-0.2, 0) is 19.6 Å². The molecule has 11 nitrogen and oxygen atoms in total. The molecule has 1 unspecified atom stereocenters. The molecule has 2 N–H and O–H groups in total. The highest BCUT2D eigenvalue weighted by Gasteiger charge is 2.37. The Balaban J connectivity index is 1.28. The number of urea groups is 1. The van der Waals surface area contributed by atoms with Crippen molar-refractivity contribution in [3.8, 4) is 0 Å². The highest BCUT2D eigenvalue weighted by Crippen LogP contribution is 2.24. The molecule has 0 radical (unpaired) electrons. The minimum Gasteiger partial charge on any atom is -0.337 e. The van der Waals surface area contributed by atoms with E-state index >= 15 is 0 Å². The quantitative estimate of drug-likeness (QED) is 0.427. The normalized spacial score (nSPS) is 24.1. The second-order valence-electron chi connectivity index (χ2n) is 12.4. The van der Waals surface area contributed by atoms with Gasteiger partial charge in [-0.25, -0.2) is 13.2 Å². The van der Waals surface area contributed by atoms with Gasteiger partial charge in [0.2, 0.25) is 21.8 Å². The summed E-state index contributed by atoms with van der Waals surface area (Å²) in [4.78, 5) is 47.3. The van der Waals surface area contributed by atoms with Gasteiger partial charge in [0.25, 0.3) is 0 Å². The summed E-state index contributed by atoms with van der Waals surface area (Å²) in [6.07, 6.45) is 5.11. The van der Waals surface area contributed by atoms with E-state index in [0.717, 1.165) is 44.3 Å². The minimum absolute atomic E-state index is 0.0510. The first-order valence-corrected chi connectivity index (χ1v) is 17.3. The smallest absolute Gasteiger partial charge is 0.317 e. The lowest BCUT2D eigenvalue weighted by Crippen LogP contribution is -2.55. The number of likely N-dealkylation sites (tertiary alicyclic amines) is 3. The van der Waals surface area contributed by atoms with E-state index in [9.17, 15) is 22.8 Å². The van der Waals surface area contributed by atoms with Crippen molar-refractivity contribution in [2.45, 2.75) is 76.5 Å². The molecule has 0 bridgehead atoms. The number of nitrogens with one attached hydrogen (secondary N) is 2. The fourth-order valence-electron chi connectivity index (χ4n) is 5.79. The standard InChI is InChI=1S/C28H43ClN6O5S2/c1-28(2,3)30-27(38)32(4)20-11-15-33(17-20)18-21-7-5-14-35(21)25(36)19-34-13-6-8-23(26(34)37)31-42(39,40)16-12-22-9-10-24(29)41-22/h9-10,12,16,20-21,23,31H,5-8,11,13-15,17-19H2,1-4H3,(H,30,38)/t20?,21-,23-/m0/s1. The Kier molecular flexibility index (Phi) is 10.6. The van der Waals surface area contributed by atoms with E-state index in [2.05, 4.69) is 14.9 Å². The topological polar surface area (TPSA) is 122 Å². The Morgan fingerprint density at radius 2 is 1.88 bits per heavy atom. The lowest BCUT2D eigenvalue weighted by molar-refractivity contribution is -0.143. The van der Waals surface area contributed by atoms with Gasteiger partial charge in [0.15, 0.2) is 0 Å². The number of carbonyl (C=O) groups excluding carboxylic acids is 3. The monoisotopic (exact) mass is 642 g/mol. The summed E-state index contributed by atoms with van der Waals surface area (Å²) in [6.45, 7) is 9.23. The van der Waals surface area contributed by atoms with Crippen LogP contribution >= 0.6 is 22.9 Å². The number of hydrogen-bond donors (Lipinski definition) is 2. The van der Waals surface area contributed by atoms with Crippen LogP contribution in [0.1, 0.15) is 57.8 Å². The predicted octanol–water partition coefficient (Wildman–Crippen LogP) is 2.79. The van der Waals surface area contributed by atoms with Crippen molar-refractivity contribution in [2.24, 2.45) is 0 Å². The molecule has 14 heteroatoms. The molecule has 3 fully saturated rings. The number of thiophene rings is 1. The van der Waals surface area contributed by atoms with Crippen molar-refractivity contribution in [1.29, 1.82) is 0 Å². The van der Waals surface area contributed by atoms with Gasteiger partial charge in [-0.05, 0) is 71.1 Å². The van der Waals surface area contributed by atoms with Crippen LogP contribution < -0.4 is 10.0 Å². The van der Waals surface area contributed by atoms with Crippen LogP contribution in [0.5, 0.6) is 0 Å². The summed E-state index contributed by atoms with van der Waals surface area (Å²) in [5.74, 6) is -0.485. The van der Waals surface area contributed by atoms with Gasteiger partial charge in [-0.3, -0.25) is 14.5 Å². The van der Waals surface area contributed by atoms with Crippen molar-refractivity contribution in [1.82, 2.24) is 29.6 Å². The maximum absolute atomic E-state index is 13.4. The van der Waals surface area contributed by atoms with E-state index in [1.807, 2.05) is 32.7 Å². The average molecular weight is 643 g/mol. The first kappa shape index (κ1) is 32.7. The highest BCUT2D eigenvalue weighted by atomic mass is 35.5. The Labute approximate surface area is 258 Å². The van der Waals surface area contributed by atoms with E-state index < -0.39 is 16.1 Å². The third-order valence-corrected chi connectivity index (χ3v) is 10.2. The molecule has 234 valence electrons. The summed E-state index contributed by atoms with van der Waals surface area (Å²) in [7, 11) is -2.03. The van der Waals surface area contributed by atoms with Crippen LogP contribution in [0.3, 0.4) is 0 Å². The number of sulfonamides is 1. The van der Waals surface area contributed by atoms with Gasteiger partial charge in [0, 0.05) is 67.7 Å².